The van der Waals surface area contributed by atoms with Crippen LogP contribution in [-0.2, 0) is 6.54 Å². The van der Waals surface area contributed by atoms with E-state index < -0.39 is 0 Å². The van der Waals surface area contributed by atoms with Gasteiger partial charge in [-0.15, -0.1) is 0 Å². The summed E-state index contributed by atoms with van der Waals surface area (Å²) in [7, 11) is 1.63. The van der Waals surface area contributed by atoms with Crippen LogP contribution in [0.5, 0.6) is 5.75 Å². The number of hydrogen-bond donors (Lipinski definition) is 1. The maximum Gasteiger partial charge on any atom is 0.120 e. The van der Waals surface area contributed by atoms with Gasteiger partial charge in [-0.05, 0) is 40.1 Å². The summed E-state index contributed by atoms with van der Waals surface area (Å²) in [5, 5.41) is 4.80. The molecule has 16 heavy (non-hydrogen) atoms. The standard InChI is InChI=1S/C12H12ClNOS/c1-15-9-2-3-10(12(13)4-9)11-7-16-6-8(11)5-14/h2-4,6-7H,5,14H2,1H3. The molecular formula is C12H12ClNOS. The highest BCUT2D eigenvalue weighted by Crippen LogP contribution is 2.34. The minimum Gasteiger partial charge on any atom is -0.497 e. The normalized spacial score (nSPS) is 10.4. The summed E-state index contributed by atoms with van der Waals surface area (Å²) in [6.45, 7) is 0.529. The molecule has 0 spiro atoms. The molecular weight excluding hydrogens is 242 g/mol. The Hall–Kier alpha value is -1.03. The van der Waals surface area contributed by atoms with Crippen LogP contribution in [0.15, 0.2) is 29.0 Å². The molecule has 0 unspecified atom stereocenters. The van der Waals surface area contributed by atoms with Crippen molar-refractivity contribution in [2.24, 2.45) is 5.73 Å². The van der Waals surface area contributed by atoms with Gasteiger partial charge in [-0.1, -0.05) is 11.6 Å². The molecule has 1 aromatic carbocycles. The van der Waals surface area contributed by atoms with Crippen molar-refractivity contribution in [3.8, 4) is 16.9 Å². The Kier molecular flexibility index (Phi) is 3.49. The SMILES string of the molecule is COc1ccc(-c2cscc2CN)c(Cl)c1. The number of ether oxygens (including phenoxy) is 1. The highest BCUT2D eigenvalue weighted by Gasteiger charge is 2.09. The molecule has 0 bridgehead atoms. The number of thiophene rings is 1. The largest absolute Gasteiger partial charge is 0.497 e. The highest BCUT2D eigenvalue weighted by molar-refractivity contribution is 7.08. The van der Waals surface area contributed by atoms with Crippen LogP contribution in [0.1, 0.15) is 5.56 Å². The third-order valence-electron chi connectivity index (χ3n) is 2.43. The molecule has 0 saturated heterocycles. The van der Waals surface area contributed by atoms with Crippen molar-refractivity contribution in [3.05, 3.63) is 39.5 Å². The highest BCUT2D eigenvalue weighted by atomic mass is 35.5. The second kappa shape index (κ2) is 4.87. The first-order valence-electron chi connectivity index (χ1n) is 4.85. The van der Waals surface area contributed by atoms with E-state index in [2.05, 4.69) is 10.8 Å². The number of benzene rings is 1. The van der Waals surface area contributed by atoms with E-state index >= 15 is 0 Å². The van der Waals surface area contributed by atoms with Crippen LogP contribution in [-0.4, -0.2) is 7.11 Å². The average Bonchev–Trinajstić information content (AvgIpc) is 2.76. The van der Waals surface area contributed by atoms with Gasteiger partial charge in [0.2, 0.25) is 0 Å². The van der Waals surface area contributed by atoms with Gasteiger partial charge < -0.3 is 10.5 Å². The van der Waals surface area contributed by atoms with Gasteiger partial charge in [0.15, 0.2) is 0 Å². The molecule has 0 fully saturated rings. The molecule has 0 aliphatic heterocycles. The van der Waals surface area contributed by atoms with E-state index in [1.54, 1.807) is 18.4 Å². The van der Waals surface area contributed by atoms with Crippen LogP contribution < -0.4 is 10.5 Å². The zero-order valence-electron chi connectivity index (χ0n) is 8.87. The predicted molar refractivity (Wildman–Crippen MR) is 69.2 cm³/mol. The number of nitrogens with two attached hydrogens (primary N) is 1. The van der Waals surface area contributed by atoms with Gasteiger partial charge in [-0.3, -0.25) is 0 Å². The molecule has 4 heteroatoms. The summed E-state index contributed by atoms with van der Waals surface area (Å²) in [5.41, 5.74) is 8.91. The summed E-state index contributed by atoms with van der Waals surface area (Å²) in [6.07, 6.45) is 0. The first-order chi connectivity index (χ1) is 7.76. The van der Waals surface area contributed by atoms with E-state index in [0.717, 1.165) is 22.4 Å². The molecule has 2 rings (SSSR count). The fourth-order valence-corrected chi connectivity index (χ4v) is 2.70. The van der Waals surface area contributed by atoms with E-state index in [4.69, 9.17) is 22.1 Å². The van der Waals surface area contributed by atoms with Crippen LogP contribution in [0.3, 0.4) is 0 Å². The Morgan fingerprint density at radius 3 is 2.75 bits per heavy atom. The number of rotatable bonds is 3. The smallest absolute Gasteiger partial charge is 0.120 e. The van der Waals surface area contributed by atoms with Crippen molar-refractivity contribution in [3.63, 3.8) is 0 Å². The van der Waals surface area contributed by atoms with Gasteiger partial charge >= 0.3 is 0 Å². The van der Waals surface area contributed by atoms with Gasteiger partial charge in [-0.25, -0.2) is 0 Å². The van der Waals surface area contributed by atoms with Crippen LogP contribution in [0.2, 0.25) is 5.02 Å². The van der Waals surface area contributed by atoms with E-state index in [1.807, 2.05) is 18.2 Å². The molecule has 1 heterocycles. The quantitative estimate of drug-likeness (QED) is 0.908. The molecule has 2 nitrogen and oxygen atoms in total. The molecule has 0 radical (unpaired) electrons. The number of hydrogen-bond acceptors (Lipinski definition) is 3. The fourth-order valence-electron chi connectivity index (χ4n) is 1.56. The maximum atomic E-state index is 6.21. The van der Waals surface area contributed by atoms with Gasteiger partial charge in [0, 0.05) is 12.1 Å². The summed E-state index contributed by atoms with van der Waals surface area (Å²) in [6, 6.07) is 5.68. The summed E-state index contributed by atoms with van der Waals surface area (Å²) in [4.78, 5) is 0. The Bertz CT molecular complexity index is 496. The first-order valence-corrected chi connectivity index (χ1v) is 6.17. The molecule has 0 aliphatic carbocycles. The third-order valence-corrected chi connectivity index (χ3v) is 3.53. The van der Waals surface area contributed by atoms with E-state index in [9.17, 15) is 0 Å². The van der Waals surface area contributed by atoms with Crippen molar-refractivity contribution in [1.82, 2.24) is 0 Å². The zero-order chi connectivity index (χ0) is 11.5. The zero-order valence-corrected chi connectivity index (χ0v) is 10.4. The second-order valence-corrected chi connectivity index (χ2v) is 4.51. The Balaban J connectivity index is 2.48. The van der Waals surface area contributed by atoms with Crippen molar-refractivity contribution in [1.29, 1.82) is 0 Å². The Morgan fingerprint density at radius 1 is 1.31 bits per heavy atom. The molecule has 0 amide bonds. The fraction of sp³-hybridized carbons (Fsp3) is 0.167. The molecule has 84 valence electrons. The molecule has 0 atom stereocenters. The average molecular weight is 254 g/mol. The van der Waals surface area contributed by atoms with Crippen LogP contribution in [0.4, 0.5) is 0 Å². The maximum absolute atomic E-state index is 6.21. The molecule has 1 aromatic heterocycles. The third kappa shape index (κ3) is 2.07. The van der Waals surface area contributed by atoms with Crippen LogP contribution in [0, 0.1) is 0 Å². The first kappa shape index (κ1) is 11.5. The summed E-state index contributed by atoms with van der Waals surface area (Å²) < 4.78 is 5.12. The number of halogens is 1. The van der Waals surface area contributed by atoms with Gasteiger partial charge in [0.25, 0.3) is 0 Å². The molecule has 0 aliphatic rings. The molecule has 2 N–H and O–H groups in total. The molecule has 0 saturated carbocycles. The second-order valence-electron chi connectivity index (χ2n) is 3.36. The van der Waals surface area contributed by atoms with Crippen LogP contribution in [0.25, 0.3) is 11.1 Å². The predicted octanol–water partition coefficient (Wildman–Crippen LogP) is 3.54. The van der Waals surface area contributed by atoms with E-state index in [1.165, 1.54) is 0 Å². The number of methoxy groups -OCH3 is 1. The van der Waals surface area contributed by atoms with Gasteiger partial charge in [0.1, 0.15) is 5.75 Å². The van der Waals surface area contributed by atoms with Crippen molar-refractivity contribution in [2.75, 3.05) is 7.11 Å². The van der Waals surface area contributed by atoms with Gasteiger partial charge in [0.05, 0.1) is 12.1 Å². The topological polar surface area (TPSA) is 35.2 Å². The van der Waals surface area contributed by atoms with Gasteiger partial charge in [-0.2, -0.15) is 11.3 Å². The lowest BCUT2D eigenvalue weighted by atomic mass is 10.0. The monoisotopic (exact) mass is 253 g/mol. The molecule has 2 aromatic rings. The van der Waals surface area contributed by atoms with E-state index in [-0.39, 0.29) is 0 Å². The Labute approximate surface area is 104 Å². The lowest BCUT2D eigenvalue weighted by Gasteiger charge is -2.07. The lowest BCUT2D eigenvalue weighted by Crippen LogP contribution is -1.96. The summed E-state index contributed by atoms with van der Waals surface area (Å²) in [5.74, 6) is 0.762. The van der Waals surface area contributed by atoms with Crippen molar-refractivity contribution in [2.45, 2.75) is 6.54 Å². The van der Waals surface area contributed by atoms with Crippen molar-refractivity contribution < 1.29 is 4.74 Å². The summed E-state index contributed by atoms with van der Waals surface area (Å²) >= 11 is 7.85. The van der Waals surface area contributed by atoms with Crippen LogP contribution >= 0.6 is 22.9 Å². The Morgan fingerprint density at radius 2 is 2.12 bits per heavy atom. The van der Waals surface area contributed by atoms with E-state index in [0.29, 0.717) is 11.6 Å². The lowest BCUT2D eigenvalue weighted by molar-refractivity contribution is 0.415. The minimum absolute atomic E-state index is 0.529. The minimum atomic E-state index is 0.529. The van der Waals surface area contributed by atoms with Crippen molar-refractivity contribution >= 4 is 22.9 Å².